The summed E-state index contributed by atoms with van der Waals surface area (Å²) in [6.07, 6.45) is 0. The van der Waals surface area contributed by atoms with Gasteiger partial charge in [0.15, 0.2) is 5.96 Å². The fourth-order valence-corrected chi connectivity index (χ4v) is 1.61. The van der Waals surface area contributed by atoms with Gasteiger partial charge in [-0.05, 0) is 19.4 Å². The van der Waals surface area contributed by atoms with Crippen molar-refractivity contribution in [3.8, 4) is 0 Å². The van der Waals surface area contributed by atoms with E-state index in [1.807, 2.05) is 25.1 Å². The number of halogens is 1. The molecular formula is C14H24IN3O. The molecule has 1 rings (SSSR count). The fourth-order valence-electron chi connectivity index (χ4n) is 1.61. The van der Waals surface area contributed by atoms with Gasteiger partial charge in [0.2, 0.25) is 0 Å². The molecule has 0 aliphatic heterocycles. The zero-order valence-electron chi connectivity index (χ0n) is 11.8. The second kappa shape index (κ2) is 11.0. The standard InChI is InChI=1S/C14H23N3O.HI/c1-4-18-11-10-16-14(15-3)17-12(2)13-8-6-5-7-9-13;/h5-9,12H,4,10-11H2,1-3H3,(H2,15,16,17);1H. The van der Waals surface area contributed by atoms with Crippen molar-refractivity contribution >= 4 is 29.9 Å². The smallest absolute Gasteiger partial charge is 0.191 e. The summed E-state index contributed by atoms with van der Waals surface area (Å²) in [5, 5.41) is 6.56. The summed E-state index contributed by atoms with van der Waals surface area (Å²) in [6, 6.07) is 10.5. The molecule has 0 saturated heterocycles. The van der Waals surface area contributed by atoms with Crippen LogP contribution in [0.4, 0.5) is 0 Å². The van der Waals surface area contributed by atoms with E-state index < -0.39 is 0 Å². The zero-order valence-corrected chi connectivity index (χ0v) is 14.2. The van der Waals surface area contributed by atoms with Crippen LogP contribution in [0.1, 0.15) is 25.5 Å². The average Bonchev–Trinajstić information content (AvgIpc) is 2.43. The normalized spacial score (nSPS) is 12.5. The first kappa shape index (κ1) is 18.2. The number of benzene rings is 1. The summed E-state index contributed by atoms with van der Waals surface area (Å²) < 4.78 is 5.27. The first-order valence-electron chi connectivity index (χ1n) is 6.37. The minimum atomic E-state index is 0. The number of aliphatic imine (C=N–C) groups is 1. The summed E-state index contributed by atoms with van der Waals surface area (Å²) in [5.74, 6) is 0.797. The first-order valence-corrected chi connectivity index (χ1v) is 6.37. The Hall–Kier alpha value is -0.820. The maximum Gasteiger partial charge on any atom is 0.191 e. The topological polar surface area (TPSA) is 45.6 Å². The Bertz CT molecular complexity index is 357. The van der Waals surface area contributed by atoms with Crippen molar-refractivity contribution in [3.05, 3.63) is 35.9 Å². The molecule has 1 unspecified atom stereocenters. The van der Waals surface area contributed by atoms with Gasteiger partial charge in [0.05, 0.1) is 12.6 Å². The van der Waals surface area contributed by atoms with Gasteiger partial charge >= 0.3 is 0 Å². The molecule has 0 saturated carbocycles. The summed E-state index contributed by atoms with van der Waals surface area (Å²) in [5.41, 5.74) is 1.24. The van der Waals surface area contributed by atoms with Crippen LogP contribution in [0.3, 0.4) is 0 Å². The number of nitrogens with zero attached hydrogens (tertiary/aromatic N) is 1. The Morgan fingerprint density at radius 1 is 1.32 bits per heavy atom. The van der Waals surface area contributed by atoms with E-state index in [4.69, 9.17) is 4.74 Å². The molecule has 4 nitrogen and oxygen atoms in total. The zero-order chi connectivity index (χ0) is 13.2. The van der Waals surface area contributed by atoms with Crippen LogP contribution >= 0.6 is 24.0 Å². The van der Waals surface area contributed by atoms with Crippen molar-refractivity contribution < 1.29 is 4.74 Å². The quantitative estimate of drug-likeness (QED) is 0.347. The maximum atomic E-state index is 5.27. The van der Waals surface area contributed by atoms with Gasteiger partial charge in [0.1, 0.15) is 0 Å². The van der Waals surface area contributed by atoms with E-state index in [0.717, 1.165) is 19.1 Å². The van der Waals surface area contributed by atoms with E-state index in [0.29, 0.717) is 6.61 Å². The number of guanidine groups is 1. The number of nitrogens with one attached hydrogen (secondary N) is 2. The number of rotatable bonds is 6. The van der Waals surface area contributed by atoms with Crippen molar-refractivity contribution in [3.63, 3.8) is 0 Å². The minimum Gasteiger partial charge on any atom is -0.380 e. The molecule has 0 bridgehead atoms. The molecule has 5 heteroatoms. The van der Waals surface area contributed by atoms with Crippen LogP contribution in [0.5, 0.6) is 0 Å². The number of hydrogen-bond donors (Lipinski definition) is 2. The third-order valence-corrected chi connectivity index (χ3v) is 2.62. The number of hydrogen-bond acceptors (Lipinski definition) is 2. The predicted molar refractivity (Wildman–Crippen MR) is 91.3 cm³/mol. The van der Waals surface area contributed by atoms with Crippen LogP contribution in [-0.4, -0.2) is 32.8 Å². The predicted octanol–water partition coefficient (Wildman–Crippen LogP) is 2.57. The monoisotopic (exact) mass is 377 g/mol. The molecule has 0 fully saturated rings. The van der Waals surface area contributed by atoms with Crippen molar-refractivity contribution in [1.29, 1.82) is 0 Å². The van der Waals surface area contributed by atoms with Crippen LogP contribution < -0.4 is 10.6 Å². The molecule has 0 aromatic heterocycles. The molecule has 0 amide bonds. The van der Waals surface area contributed by atoms with Gasteiger partial charge in [-0.2, -0.15) is 0 Å². The lowest BCUT2D eigenvalue weighted by Gasteiger charge is -2.18. The van der Waals surface area contributed by atoms with Crippen molar-refractivity contribution in [2.45, 2.75) is 19.9 Å². The van der Waals surface area contributed by atoms with E-state index in [-0.39, 0.29) is 30.0 Å². The molecule has 1 aromatic carbocycles. The molecule has 1 atom stereocenters. The average molecular weight is 377 g/mol. The van der Waals surface area contributed by atoms with Crippen molar-refractivity contribution in [2.75, 3.05) is 26.8 Å². The van der Waals surface area contributed by atoms with Gasteiger partial charge in [-0.15, -0.1) is 24.0 Å². The van der Waals surface area contributed by atoms with Crippen LogP contribution in [0.25, 0.3) is 0 Å². The number of ether oxygens (including phenoxy) is 1. The van der Waals surface area contributed by atoms with E-state index in [2.05, 4.69) is 34.7 Å². The molecule has 0 radical (unpaired) electrons. The van der Waals surface area contributed by atoms with Gasteiger partial charge in [-0.25, -0.2) is 0 Å². The summed E-state index contributed by atoms with van der Waals surface area (Å²) >= 11 is 0. The lowest BCUT2D eigenvalue weighted by molar-refractivity contribution is 0.152. The van der Waals surface area contributed by atoms with Crippen molar-refractivity contribution in [1.82, 2.24) is 10.6 Å². The maximum absolute atomic E-state index is 5.27. The molecular weight excluding hydrogens is 353 g/mol. The van der Waals surface area contributed by atoms with Crippen LogP contribution in [-0.2, 0) is 4.74 Å². The van der Waals surface area contributed by atoms with E-state index in [1.165, 1.54) is 5.56 Å². The lowest BCUT2D eigenvalue weighted by atomic mass is 10.1. The minimum absolute atomic E-state index is 0. The van der Waals surface area contributed by atoms with E-state index >= 15 is 0 Å². The molecule has 0 aliphatic rings. The molecule has 19 heavy (non-hydrogen) atoms. The summed E-state index contributed by atoms with van der Waals surface area (Å²) in [4.78, 5) is 4.19. The second-order valence-electron chi connectivity index (χ2n) is 3.97. The SMILES string of the molecule is CCOCCNC(=NC)NC(C)c1ccccc1.I. The van der Waals surface area contributed by atoms with Gasteiger partial charge in [0.25, 0.3) is 0 Å². The van der Waals surface area contributed by atoms with Crippen molar-refractivity contribution in [2.24, 2.45) is 4.99 Å². The summed E-state index contributed by atoms with van der Waals surface area (Å²) in [7, 11) is 1.77. The highest BCUT2D eigenvalue weighted by atomic mass is 127. The summed E-state index contributed by atoms with van der Waals surface area (Å²) in [6.45, 7) is 6.30. The Balaban J connectivity index is 0.00000324. The third kappa shape index (κ3) is 7.37. The highest BCUT2D eigenvalue weighted by Crippen LogP contribution is 2.10. The largest absolute Gasteiger partial charge is 0.380 e. The Kier molecular flexibility index (Phi) is 10.6. The molecule has 2 N–H and O–H groups in total. The molecule has 0 heterocycles. The molecule has 0 aliphatic carbocycles. The lowest BCUT2D eigenvalue weighted by Crippen LogP contribution is -2.40. The first-order chi connectivity index (χ1) is 8.77. The molecule has 1 aromatic rings. The van der Waals surface area contributed by atoms with Crippen LogP contribution in [0, 0.1) is 0 Å². The van der Waals surface area contributed by atoms with Gasteiger partial charge < -0.3 is 15.4 Å². The van der Waals surface area contributed by atoms with Gasteiger partial charge in [-0.3, -0.25) is 4.99 Å². The van der Waals surface area contributed by atoms with Gasteiger partial charge in [-0.1, -0.05) is 30.3 Å². The highest BCUT2D eigenvalue weighted by Gasteiger charge is 2.06. The van der Waals surface area contributed by atoms with Crippen LogP contribution in [0.15, 0.2) is 35.3 Å². The van der Waals surface area contributed by atoms with Gasteiger partial charge in [0, 0.05) is 20.2 Å². The molecule has 108 valence electrons. The third-order valence-electron chi connectivity index (χ3n) is 2.62. The second-order valence-corrected chi connectivity index (χ2v) is 3.97. The Morgan fingerprint density at radius 2 is 2.00 bits per heavy atom. The highest BCUT2D eigenvalue weighted by molar-refractivity contribution is 14.0. The Labute approximate surface area is 133 Å². The van der Waals surface area contributed by atoms with E-state index in [9.17, 15) is 0 Å². The Morgan fingerprint density at radius 3 is 2.58 bits per heavy atom. The molecule has 0 spiro atoms. The van der Waals surface area contributed by atoms with Crippen LogP contribution in [0.2, 0.25) is 0 Å². The fraction of sp³-hybridized carbons (Fsp3) is 0.500. The van der Waals surface area contributed by atoms with E-state index in [1.54, 1.807) is 7.05 Å².